The van der Waals surface area contributed by atoms with E-state index in [0.717, 1.165) is 11.3 Å². The van der Waals surface area contributed by atoms with Crippen LogP contribution < -0.4 is 10.1 Å². The largest absolute Gasteiger partial charge is 0.483 e. The van der Waals surface area contributed by atoms with Crippen LogP contribution in [0.2, 0.25) is 10.0 Å². The number of thioether (sulfide) groups is 1. The number of aromatic nitrogens is 3. The van der Waals surface area contributed by atoms with Crippen LogP contribution in [0.15, 0.2) is 60.3 Å². The summed E-state index contributed by atoms with van der Waals surface area (Å²) >= 11 is 13.3. The highest BCUT2D eigenvalue weighted by atomic mass is 35.5. The van der Waals surface area contributed by atoms with Crippen molar-refractivity contribution in [1.29, 1.82) is 0 Å². The summed E-state index contributed by atoms with van der Waals surface area (Å²) in [6.45, 7) is 8.24. The molecule has 0 saturated carbocycles. The maximum Gasteiger partial charge on any atom is 0.234 e. The summed E-state index contributed by atoms with van der Waals surface area (Å²) in [6.07, 6.45) is 1.43. The van der Waals surface area contributed by atoms with E-state index in [0.29, 0.717) is 33.3 Å². The van der Waals surface area contributed by atoms with Gasteiger partial charge in [-0.2, -0.15) is 0 Å². The van der Waals surface area contributed by atoms with Gasteiger partial charge in [-0.1, -0.05) is 58.7 Å². The number of ether oxygens (including phenoxy) is 1. The Morgan fingerprint density at radius 2 is 2.00 bits per heavy atom. The number of hydrogen-bond acceptors (Lipinski definition) is 5. The van der Waals surface area contributed by atoms with Crippen LogP contribution in [0.3, 0.4) is 0 Å². The molecule has 0 bridgehead atoms. The van der Waals surface area contributed by atoms with E-state index in [4.69, 9.17) is 27.9 Å². The van der Waals surface area contributed by atoms with Gasteiger partial charge in [-0.15, -0.1) is 16.8 Å². The molecule has 0 aliphatic rings. The lowest BCUT2D eigenvalue weighted by Gasteiger charge is -2.16. The molecule has 1 unspecified atom stereocenters. The molecule has 2 aromatic carbocycles. The zero-order valence-corrected chi connectivity index (χ0v) is 19.5. The smallest absolute Gasteiger partial charge is 0.234 e. The van der Waals surface area contributed by atoms with Crippen molar-refractivity contribution in [3.05, 3.63) is 76.6 Å². The number of halogens is 2. The number of benzene rings is 2. The Balaban J connectivity index is 1.67. The summed E-state index contributed by atoms with van der Waals surface area (Å²) in [6, 6.07) is 12.7. The zero-order valence-electron chi connectivity index (χ0n) is 17.1. The van der Waals surface area contributed by atoms with Crippen molar-refractivity contribution < 1.29 is 9.53 Å². The van der Waals surface area contributed by atoms with Crippen LogP contribution in [-0.2, 0) is 11.3 Å². The molecule has 1 amide bonds. The normalized spacial score (nSPS) is 11.7. The van der Waals surface area contributed by atoms with Gasteiger partial charge < -0.3 is 10.1 Å². The molecule has 0 fully saturated rings. The average Bonchev–Trinajstić information content (AvgIpc) is 3.13. The van der Waals surface area contributed by atoms with Gasteiger partial charge in [-0.3, -0.25) is 9.36 Å². The highest BCUT2D eigenvalue weighted by Gasteiger charge is 2.20. The topological polar surface area (TPSA) is 69.0 Å². The molecule has 1 aromatic heterocycles. The number of carbonyl (C=O) groups is 1. The molecule has 0 radical (unpaired) electrons. The van der Waals surface area contributed by atoms with Gasteiger partial charge in [0.2, 0.25) is 5.91 Å². The quantitative estimate of drug-likeness (QED) is 0.305. The summed E-state index contributed by atoms with van der Waals surface area (Å²) in [5.41, 5.74) is 1.66. The molecule has 0 aliphatic carbocycles. The minimum absolute atomic E-state index is 0.140. The fraction of sp³-hybridized carbons (Fsp3) is 0.227. The van der Waals surface area contributed by atoms with Gasteiger partial charge in [-0.25, -0.2) is 0 Å². The monoisotopic (exact) mass is 476 g/mol. The molecule has 1 heterocycles. The van der Waals surface area contributed by atoms with Gasteiger partial charge in [-0.05, 0) is 44.2 Å². The summed E-state index contributed by atoms with van der Waals surface area (Å²) < 4.78 is 7.90. The number of allylic oxidation sites excluding steroid dienone is 1. The van der Waals surface area contributed by atoms with Gasteiger partial charge in [0.05, 0.1) is 16.5 Å². The van der Waals surface area contributed by atoms with Crippen LogP contribution in [-0.4, -0.2) is 26.4 Å². The Labute approximate surface area is 195 Å². The van der Waals surface area contributed by atoms with Gasteiger partial charge in [0.1, 0.15) is 5.75 Å². The first-order chi connectivity index (χ1) is 14.9. The highest BCUT2D eigenvalue weighted by molar-refractivity contribution is 7.99. The fourth-order valence-electron chi connectivity index (χ4n) is 2.79. The number of nitrogens with one attached hydrogen (secondary N) is 1. The Morgan fingerprint density at radius 3 is 2.68 bits per heavy atom. The molecular formula is C22H22Cl2N4O2S. The van der Waals surface area contributed by atoms with Crippen molar-refractivity contribution >= 4 is 46.6 Å². The van der Waals surface area contributed by atoms with Crippen molar-refractivity contribution in [1.82, 2.24) is 14.8 Å². The van der Waals surface area contributed by atoms with Gasteiger partial charge in [0.15, 0.2) is 17.1 Å². The van der Waals surface area contributed by atoms with E-state index in [9.17, 15) is 4.79 Å². The lowest BCUT2D eigenvalue weighted by molar-refractivity contribution is -0.113. The van der Waals surface area contributed by atoms with Crippen molar-refractivity contribution in [2.75, 3.05) is 11.1 Å². The maximum absolute atomic E-state index is 12.4. The Kier molecular flexibility index (Phi) is 8.01. The third kappa shape index (κ3) is 6.26. The number of amides is 1. The standard InChI is InChI=1S/C22H22Cl2N4O2S/c1-4-11-28-21(15(3)30-17-8-5-14(2)6-9-17)26-27-22(28)31-13-20(29)25-19-10-7-16(23)12-18(19)24/h4-10,12,15H,1,11,13H2,2-3H3,(H,25,29). The Hall–Kier alpha value is -2.48. The molecule has 9 heteroatoms. The van der Waals surface area contributed by atoms with Gasteiger partial charge in [0, 0.05) is 11.6 Å². The third-order valence-electron chi connectivity index (χ3n) is 4.29. The zero-order chi connectivity index (χ0) is 22.4. The second kappa shape index (κ2) is 10.7. The van der Waals surface area contributed by atoms with E-state index < -0.39 is 0 Å². The molecule has 3 aromatic rings. The number of aryl methyl sites for hydroxylation is 1. The molecular weight excluding hydrogens is 455 g/mol. The molecule has 1 N–H and O–H groups in total. The van der Waals surface area contributed by atoms with Crippen LogP contribution in [0.5, 0.6) is 5.75 Å². The van der Waals surface area contributed by atoms with Crippen LogP contribution in [0.25, 0.3) is 0 Å². The van der Waals surface area contributed by atoms with Crippen molar-refractivity contribution in [3.8, 4) is 5.75 Å². The van der Waals surface area contributed by atoms with E-state index in [2.05, 4.69) is 22.1 Å². The average molecular weight is 477 g/mol. The van der Waals surface area contributed by atoms with Crippen LogP contribution in [0, 0.1) is 6.92 Å². The number of nitrogens with zero attached hydrogens (tertiary/aromatic N) is 3. The van der Waals surface area contributed by atoms with Crippen LogP contribution in [0.4, 0.5) is 5.69 Å². The van der Waals surface area contributed by atoms with Crippen molar-refractivity contribution in [2.24, 2.45) is 0 Å². The third-order valence-corrected chi connectivity index (χ3v) is 5.81. The molecule has 0 saturated heterocycles. The molecule has 6 nitrogen and oxygen atoms in total. The summed E-state index contributed by atoms with van der Waals surface area (Å²) in [7, 11) is 0. The molecule has 1 atom stereocenters. The number of rotatable bonds is 9. The lowest BCUT2D eigenvalue weighted by Crippen LogP contribution is -2.15. The predicted molar refractivity (Wildman–Crippen MR) is 126 cm³/mol. The SMILES string of the molecule is C=CCn1c(SCC(=O)Nc2ccc(Cl)cc2Cl)nnc1C(C)Oc1ccc(C)cc1. The van der Waals surface area contributed by atoms with Crippen molar-refractivity contribution in [2.45, 2.75) is 31.7 Å². The fourth-order valence-corrected chi connectivity index (χ4v) is 4.00. The van der Waals surface area contributed by atoms with Crippen LogP contribution in [0.1, 0.15) is 24.4 Å². The number of carbonyl (C=O) groups excluding carboxylic acids is 1. The maximum atomic E-state index is 12.4. The van der Waals surface area contributed by atoms with E-state index in [1.165, 1.54) is 11.8 Å². The minimum atomic E-state index is -0.328. The predicted octanol–water partition coefficient (Wildman–Crippen LogP) is 5.95. The van der Waals surface area contributed by atoms with Gasteiger partial charge >= 0.3 is 0 Å². The second-order valence-corrected chi connectivity index (χ2v) is 8.56. The minimum Gasteiger partial charge on any atom is -0.483 e. The molecule has 162 valence electrons. The van der Waals surface area contributed by atoms with E-state index >= 15 is 0 Å². The molecule has 0 aliphatic heterocycles. The van der Waals surface area contributed by atoms with Crippen LogP contribution >= 0.6 is 35.0 Å². The lowest BCUT2D eigenvalue weighted by atomic mass is 10.2. The number of anilines is 1. The molecule has 3 rings (SSSR count). The Bertz CT molecular complexity index is 1070. The summed E-state index contributed by atoms with van der Waals surface area (Å²) in [4.78, 5) is 12.4. The molecule has 31 heavy (non-hydrogen) atoms. The first kappa shape index (κ1) is 23.2. The van der Waals surface area contributed by atoms with Gasteiger partial charge in [0.25, 0.3) is 0 Å². The molecule has 0 spiro atoms. The first-order valence-corrected chi connectivity index (χ1v) is 11.3. The summed E-state index contributed by atoms with van der Waals surface area (Å²) in [5, 5.41) is 12.8. The Morgan fingerprint density at radius 1 is 1.26 bits per heavy atom. The van der Waals surface area contributed by atoms with E-state index in [-0.39, 0.29) is 17.8 Å². The second-order valence-electron chi connectivity index (χ2n) is 6.77. The van der Waals surface area contributed by atoms with E-state index in [1.807, 2.05) is 42.7 Å². The number of hydrogen-bond donors (Lipinski definition) is 1. The first-order valence-electron chi connectivity index (χ1n) is 9.52. The van der Waals surface area contributed by atoms with E-state index in [1.54, 1.807) is 24.3 Å². The summed E-state index contributed by atoms with van der Waals surface area (Å²) in [5.74, 6) is 1.33. The highest BCUT2D eigenvalue weighted by Crippen LogP contribution is 2.27. The van der Waals surface area contributed by atoms with Crippen molar-refractivity contribution in [3.63, 3.8) is 0 Å².